The van der Waals surface area contributed by atoms with Crippen LogP contribution in [0.3, 0.4) is 0 Å². The Hall–Kier alpha value is -2.17. The van der Waals surface area contributed by atoms with Crippen LogP contribution in [0.25, 0.3) is 0 Å². The molecular weight excluding hydrogens is 206 g/mol. The molecule has 0 fully saturated rings. The summed E-state index contributed by atoms with van der Waals surface area (Å²) in [4.78, 5) is 26.2. The zero-order valence-corrected chi connectivity index (χ0v) is 8.77. The fourth-order valence-corrected chi connectivity index (χ4v) is 1.01. The maximum Gasteiger partial charge on any atom is 0.309 e. The lowest BCUT2D eigenvalue weighted by atomic mass is 10.3. The van der Waals surface area contributed by atoms with Crippen molar-refractivity contribution in [2.24, 2.45) is 0 Å². The van der Waals surface area contributed by atoms with Crippen LogP contribution in [0.1, 0.15) is 5.56 Å². The summed E-state index contributed by atoms with van der Waals surface area (Å²) in [7, 11) is 0. The number of aromatic nitrogens is 1. The summed E-state index contributed by atoms with van der Waals surface area (Å²) in [6.45, 7) is 4.02. The number of hydrogen-bond donors (Lipinski definition) is 2. The molecule has 1 aromatic heterocycles. The van der Waals surface area contributed by atoms with E-state index in [1.165, 1.54) is 6.08 Å². The van der Waals surface area contributed by atoms with Gasteiger partial charge in [-0.1, -0.05) is 6.08 Å². The van der Waals surface area contributed by atoms with E-state index in [1.807, 2.05) is 0 Å². The summed E-state index contributed by atoms with van der Waals surface area (Å²) in [5.41, 5.74) is 0.889. The second kappa shape index (κ2) is 6.34. The zero-order valence-electron chi connectivity index (χ0n) is 8.77. The average Bonchev–Trinajstić information content (AvgIpc) is 2.34. The molecule has 84 valence electrons. The van der Waals surface area contributed by atoms with E-state index in [2.05, 4.69) is 22.2 Å². The summed E-state index contributed by atoms with van der Waals surface area (Å²) < 4.78 is 0. The van der Waals surface area contributed by atoms with Gasteiger partial charge in [-0.2, -0.15) is 0 Å². The van der Waals surface area contributed by atoms with E-state index in [4.69, 9.17) is 0 Å². The molecule has 0 unspecified atom stereocenters. The highest BCUT2D eigenvalue weighted by molar-refractivity contribution is 6.35. The Morgan fingerprint density at radius 2 is 1.88 bits per heavy atom. The standard InChI is InChI=1S/C11H13N3O2/c1-2-5-13-10(15)11(16)14-8-9-3-6-12-7-4-9/h2-4,6-7H,1,5,8H2,(H,13,15)(H,14,16). The zero-order chi connectivity index (χ0) is 11.8. The van der Waals surface area contributed by atoms with Gasteiger partial charge in [-0.25, -0.2) is 0 Å². The molecule has 1 aromatic rings. The Labute approximate surface area is 93.6 Å². The average molecular weight is 219 g/mol. The first-order valence-electron chi connectivity index (χ1n) is 4.80. The summed E-state index contributed by atoms with van der Waals surface area (Å²) in [5, 5.41) is 4.88. The molecule has 0 saturated carbocycles. The molecule has 0 saturated heterocycles. The molecule has 0 aliphatic carbocycles. The van der Waals surface area contributed by atoms with Gasteiger partial charge >= 0.3 is 11.8 Å². The number of hydrogen-bond acceptors (Lipinski definition) is 3. The fraction of sp³-hybridized carbons (Fsp3) is 0.182. The van der Waals surface area contributed by atoms with Crippen molar-refractivity contribution in [2.75, 3.05) is 6.54 Å². The number of carbonyl (C=O) groups is 2. The molecule has 0 aromatic carbocycles. The Morgan fingerprint density at radius 3 is 2.50 bits per heavy atom. The van der Waals surface area contributed by atoms with Crippen LogP contribution in [0.4, 0.5) is 0 Å². The number of carbonyl (C=O) groups excluding carboxylic acids is 2. The summed E-state index contributed by atoms with van der Waals surface area (Å²) >= 11 is 0. The van der Waals surface area contributed by atoms with E-state index in [-0.39, 0.29) is 6.54 Å². The van der Waals surface area contributed by atoms with Crippen molar-refractivity contribution in [2.45, 2.75) is 6.54 Å². The topological polar surface area (TPSA) is 71.1 Å². The lowest BCUT2D eigenvalue weighted by Gasteiger charge is -2.04. The van der Waals surface area contributed by atoms with Crippen molar-refractivity contribution in [3.05, 3.63) is 42.7 Å². The van der Waals surface area contributed by atoms with Crippen LogP contribution in [0.15, 0.2) is 37.2 Å². The predicted molar refractivity (Wildman–Crippen MR) is 59.3 cm³/mol. The molecular formula is C11H13N3O2. The van der Waals surface area contributed by atoms with Gasteiger partial charge in [0.2, 0.25) is 0 Å². The van der Waals surface area contributed by atoms with Crippen LogP contribution in [0.2, 0.25) is 0 Å². The van der Waals surface area contributed by atoms with Crippen LogP contribution < -0.4 is 10.6 Å². The minimum Gasteiger partial charge on any atom is -0.344 e. The minimum absolute atomic E-state index is 0.279. The maximum absolute atomic E-state index is 11.2. The van der Waals surface area contributed by atoms with Crippen molar-refractivity contribution in [1.29, 1.82) is 0 Å². The molecule has 0 bridgehead atoms. The number of nitrogens with one attached hydrogen (secondary N) is 2. The van der Waals surface area contributed by atoms with Gasteiger partial charge in [0.15, 0.2) is 0 Å². The summed E-state index contributed by atoms with van der Waals surface area (Å²) in [6.07, 6.45) is 4.76. The van der Waals surface area contributed by atoms with Crippen LogP contribution in [0, 0.1) is 0 Å². The molecule has 2 amide bonds. The van der Waals surface area contributed by atoms with Crippen molar-refractivity contribution < 1.29 is 9.59 Å². The number of amides is 2. The molecule has 2 N–H and O–H groups in total. The molecule has 1 rings (SSSR count). The lowest BCUT2D eigenvalue weighted by Crippen LogP contribution is -2.39. The number of rotatable bonds is 4. The van der Waals surface area contributed by atoms with Crippen molar-refractivity contribution >= 4 is 11.8 Å². The van der Waals surface area contributed by atoms with Gasteiger partial charge in [-0.3, -0.25) is 14.6 Å². The minimum atomic E-state index is -0.658. The second-order valence-corrected chi connectivity index (χ2v) is 3.04. The van der Waals surface area contributed by atoms with E-state index in [1.54, 1.807) is 24.5 Å². The Morgan fingerprint density at radius 1 is 1.25 bits per heavy atom. The molecule has 0 aliphatic heterocycles. The van der Waals surface area contributed by atoms with E-state index in [0.29, 0.717) is 6.54 Å². The smallest absolute Gasteiger partial charge is 0.309 e. The second-order valence-electron chi connectivity index (χ2n) is 3.04. The Bertz CT molecular complexity index is 376. The third-order valence-corrected chi connectivity index (χ3v) is 1.82. The van der Waals surface area contributed by atoms with Crippen LogP contribution in [0.5, 0.6) is 0 Å². The molecule has 0 radical (unpaired) electrons. The number of pyridine rings is 1. The van der Waals surface area contributed by atoms with Gasteiger partial charge in [-0.15, -0.1) is 6.58 Å². The van der Waals surface area contributed by atoms with Crippen molar-refractivity contribution in [3.63, 3.8) is 0 Å². The van der Waals surface area contributed by atoms with Crippen LogP contribution >= 0.6 is 0 Å². The fourth-order valence-electron chi connectivity index (χ4n) is 1.01. The molecule has 16 heavy (non-hydrogen) atoms. The van der Waals surface area contributed by atoms with Gasteiger partial charge in [0.1, 0.15) is 0 Å². The molecule has 1 heterocycles. The van der Waals surface area contributed by atoms with Gasteiger partial charge in [-0.05, 0) is 17.7 Å². The summed E-state index contributed by atoms with van der Waals surface area (Å²) in [6, 6.07) is 3.53. The molecule has 0 atom stereocenters. The molecule has 5 nitrogen and oxygen atoms in total. The van der Waals surface area contributed by atoms with Crippen LogP contribution in [-0.4, -0.2) is 23.3 Å². The Balaban J connectivity index is 2.35. The first-order chi connectivity index (χ1) is 7.74. The van der Waals surface area contributed by atoms with Gasteiger partial charge in [0.25, 0.3) is 0 Å². The highest BCUT2D eigenvalue weighted by Gasteiger charge is 2.10. The quantitative estimate of drug-likeness (QED) is 0.553. The monoisotopic (exact) mass is 219 g/mol. The van der Waals surface area contributed by atoms with Gasteiger partial charge < -0.3 is 10.6 Å². The summed E-state index contributed by atoms with van der Waals surface area (Å²) in [5.74, 6) is -1.31. The molecule has 0 spiro atoms. The first kappa shape index (κ1) is 11.9. The van der Waals surface area contributed by atoms with Crippen LogP contribution in [-0.2, 0) is 16.1 Å². The largest absolute Gasteiger partial charge is 0.344 e. The van der Waals surface area contributed by atoms with E-state index in [9.17, 15) is 9.59 Å². The SMILES string of the molecule is C=CCNC(=O)C(=O)NCc1ccncc1. The highest BCUT2D eigenvalue weighted by Crippen LogP contribution is 1.94. The van der Waals surface area contributed by atoms with Gasteiger partial charge in [0, 0.05) is 25.5 Å². The van der Waals surface area contributed by atoms with E-state index in [0.717, 1.165) is 5.56 Å². The van der Waals surface area contributed by atoms with Gasteiger partial charge in [0.05, 0.1) is 0 Å². The van der Waals surface area contributed by atoms with Crippen molar-refractivity contribution in [1.82, 2.24) is 15.6 Å². The molecule has 5 heteroatoms. The maximum atomic E-state index is 11.2. The lowest BCUT2D eigenvalue weighted by molar-refractivity contribution is -0.139. The Kier molecular flexibility index (Phi) is 4.72. The van der Waals surface area contributed by atoms with E-state index < -0.39 is 11.8 Å². The van der Waals surface area contributed by atoms with Crippen molar-refractivity contribution in [3.8, 4) is 0 Å². The first-order valence-corrected chi connectivity index (χ1v) is 4.80. The highest BCUT2D eigenvalue weighted by atomic mass is 16.2. The van der Waals surface area contributed by atoms with E-state index >= 15 is 0 Å². The third-order valence-electron chi connectivity index (χ3n) is 1.82. The third kappa shape index (κ3) is 3.91. The predicted octanol–water partition coefficient (Wildman–Crippen LogP) is -0.000000000000000666. The normalized spacial score (nSPS) is 9.25. The number of nitrogens with zero attached hydrogens (tertiary/aromatic N) is 1. The molecule has 0 aliphatic rings.